The van der Waals surface area contributed by atoms with E-state index in [1.54, 1.807) is 12.1 Å². The first-order chi connectivity index (χ1) is 18.8. The summed E-state index contributed by atoms with van der Waals surface area (Å²) in [7, 11) is 1.31. The van der Waals surface area contributed by atoms with Crippen LogP contribution in [0.2, 0.25) is 19.6 Å². The van der Waals surface area contributed by atoms with Crippen molar-refractivity contribution >= 4 is 30.9 Å². The smallest absolute Gasteiger partial charge is 0.291 e. The highest BCUT2D eigenvalue weighted by Gasteiger charge is 2.22. The molecule has 1 amide bonds. The molecular weight excluding hydrogens is 520 g/mol. The summed E-state index contributed by atoms with van der Waals surface area (Å²) in [4.78, 5) is 28.7. The number of hydrogen-bond acceptors (Lipinski definition) is 11. The van der Waals surface area contributed by atoms with E-state index in [1.807, 2.05) is 12.1 Å². The molecule has 0 radical (unpaired) electrons. The molecule has 2 N–H and O–H groups in total. The second kappa shape index (κ2) is 12.9. The highest BCUT2D eigenvalue weighted by atomic mass is 28.3. The first-order valence-electron chi connectivity index (χ1n) is 12.9. The lowest BCUT2D eigenvalue weighted by Crippen LogP contribution is -2.39. The number of hydrogen-bond donors (Lipinski definition) is 2. The first kappa shape index (κ1) is 28.3. The van der Waals surface area contributed by atoms with Crippen molar-refractivity contribution in [2.45, 2.75) is 26.1 Å². The molecule has 4 heterocycles. The molecule has 3 aromatic rings. The number of pyridine rings is 1. The van der Waals surface area contributed by atoms with Crippen LogP contribution in [0.15, 0.2) is 34.7 Å². The maximum absolute atomic E-state index is 13.0. The number of nitrogens with one attached hydrogen (secondary N) is 2. The van der Waals surface area contributed by atoms with Crippen LogP contribution in [0.25, 0.3) is 0 Å². The Morgan fingerprint density at radius 2 is 1.74 bits per heavy atom. The lowest BCUT2D eigenvalue weighted by molar-refractivity contribution is 0.0378. The standard InChI is InChI=1S/C26H36N6O6Si/c1-34-24-22(25(35-2)31-26(30-24)27-12-7-13-32-14-16-36-17-15-32)29-23(33)18-10-11-21(37-18)38-19-8-6-9-20(28-19)39(3,4)5/h6,8-11H,7,12-17H2,1-5H3,(H,29,33)(H,27,30,31). The molecule has 1 saturated heterocycles. The van der Waals surface area contributed by atoms with Gasteiger partial charge in [0.2, 0.25) is 23.6 Å². The van der Waals surface area contributed by atoms with Crippen molar-refractivity contribution in [3.8, 4) is 23.6 Å². The van der Waals surface area contributed by atoms with Gasteiger partial charge in [0, 0.05) is 37.1 Å². The Labute approximate surface area is 229 Å². The second-order valence-corrected chi connectivity index (χ2v) is 15.0. The van der Waals surface area contributed by atoms with E-state index in [9.17, 15) is 4.79 Å². The molecular formula is C26H36N6O6Si. The van der Waals surface area contributed by atoms with Gasteiger partial charge in [-0.1, -0.05) is 25.7 Å². The third-order valence-corrected chi connectivity index (χ3v) is 7.82. The molecule has 13 heteroatoms. The molecule has 0 unspecified atom stereocenters. The number of rotatable bonds is 12. The predicted octanol–water partition coefficient (Wildman–Crippen LogP) is 3.21. The molecule has 1 aliphatic rings. The number of aromatic nitrogens is 3. The Bertz CT molecular complexity index is 1230. The van der Waals surface area contributed by atoms with Gasteiger partial charge in [-0.25, -0.2) is 4.98 Å². The van der Waals surface area contributed by atoms with Crippen molar-refractivity contribution in [3.63, 3.8) is 0 Å². The molecule has 0 aliphatic carbocycles. The van der Waals surface area contributed by atoms with Gasteiger partial charge < -0.3 is 34.0 Å². The number of ether oxygens (including phenoxy) is 4. The molecule has 0 atom stereocenters. The summed E-state index contributed by atoms with van der Waals surface area (Å²) >= 11 is 0. The minimum Gasteiger partial charge on any atom is -0.479 e. The highest BCUT2D eigenvalue weighted by Crippen LogP contribution is 2.33. The van der Waals surface area contributed by atoms with Crippen LogP contribution in [0.3, 0.4) is 0 Å². The number of amides is 1. The van der Waals surface area contributed by atoms with Crippen molar-refractivity contribution < 1.29 is 28.2 Å². The maximum Gasteiger partial charge on any atom is 0.291 e. The van der Waals surface area contributed by atoms with Crippen molar-refractivity contribution in [2.75, 3.05) is 64.2 Å². The molecule has 0 bridgehead atoms. The fourth-order valence-corrected chi connectivity index (χ4v) is 4.94. The number of furan rings is 1. The second-order valence-electron chi connectivity index (χ2n) is 9.96. The lowest BCUT2D eigenvalue weighted by atomic mass is 10.3. The largest absolute Gasteiger partial charge is 0.479 e. The van der Waals surface area contributed by atoms with Gasteiger partial charge in [-0.15, -0.1) is 0 Å². The zero-order valence-corrected chi connectivity index (χ0v) is 24.1. The van der Waals surface area contributed by atoms with Crippen molar-refractivity contribution in [1.82, 2.24) is 19.9 Å². The first-order valence-corrected chi connectivity index (χ1v) is 16.4. The van der Waals surface area contributed by atoms with Gasteiger partial charge in [0.1, 0.15) is 8.07 Å². The third-order valence-electron chi connectivity index (χ3n) is 6.01. The molecule has 1 fully saturated rings. The van der Waals surface area contributed by atoms with E-state index in [0.29, 0.717) is 18.4 Å². The Hall–Kier alpha value is -3.68. The molecule has 0 saturated carbocycles. The van der Waals surface area contributed by atoms with Gasteiger partial charge in [0.15, 0.2) is 11.4 Å². The van der Waals surface area contributed by atoms with Crippen LogP contribution in [0, 0.1) is 0 Å². The van der Waals surface area contributed by atoms with Crippen LogP contribution in [0.4, 0.5) is 11.6 Å². The van der Waals surface area contributed by atoms with Crippen LogP contribution in [-0.4, -0.2) is 87.4 Å². The molecule has 3 aromatic heterocycles. The van der Waals surface area contributed by atoms with Crippen LogP contribution in [0.1, 0.15) is 17.0 Å². The van der Waals surface area contributed by atoms with E-state index in [0.717, 1.165) is 44.6 Å². The predicted molar refractivity (Wildman–Crippen MR) is 149 cm³/mol. The number of nitrogens with zero attached hydrogens (tertiary/aromatic N) is 4. The SMILES string of the molecule is COc1nc(NCCCN2CCOCC2)nc(OC)c1NC(=O)c1ccc(Oc2cccc([Si](C)(C)C)n2)o1. The van der Waals surface area contributed by atoms with E-state index in [1.165, 1.54) is 20.3 Å². The van der Waals surface area contributed by atoms with Crippen LogP contribution >= 0.6 is 0 Å². The molecule has 0 aromatic carbocycles. The highest BCUT2D eigenvalue weighted by molar-refractivity contribution is 6.88. The van der Waals surface area contributed by atoms with Crippen LogP contribution < -0.4 is 30.2 Å². The monoisotopic (exact) mass is 556 g/mol. The normalized spacial score (nSPS) is 14.1. The number of carbonyl (C=O) groups excluding carboxylic acids is 1. The zero-order chi connectivity index (χ0) is 27.8. The number of carbonyl (C=O) groups is 1. The van der Waals surface area contributed by atoms with Crippen LogP contribution in [0.5, 0.6) is 23.6 Å². The molecule has 4 rings (SSSR count). The van der Waals surface area contributed by atoms with Crippen LogP contribution in [-0.2, 0) is 4.74 Å². The number of morpholine rings is 1. The number of anilines is 2. The quantitative estimate of drug-likeness (QED) is 0.252. The molecule has 39 heavy (non-hydrogen) atoms. The Balaban J connectivity index is 1.39. The van der Waals surface area contributed by atoms with E-state index < -0.39 is 14.0 Å². The minimum absolute atomic E-state index is 0.0285. The van der Waals surface area contributed by atoms with Gasteiger partial charge in [0.05, 0.1) is 27.4 Å². The Kier molecular flexibility index (Phi) is 9.38. The van der Waals surface area contributed by atoms with E-state index >= 15 is 0 Å². The summed E-state index contributed by atoms with van der Waals surface area (Å²) in [6, 6.07) is 8.71. The average Bonchev–Trinajstić information content (AvgIpc) is 3.40. The third kappa shape index (κ3) is 7.68. The number of methoxy groups -OCH3 is 2. The minimum atomic E-state index is -1.61. The summed E-state index contributed by atoms with van der Waals surface area (Å²) in [5, 5.41) is 6.93. The molecule has 0 spiro atoms. The lowest BCUT2D eigenvalue weighted by Gasteiger charge is -2.26. The van der Waals surface area contributed by atoms with Crippen molar-refractivity contribution in [2.24, 2.45) is 0 Å². The van der Waals surface area contributed by atoms with Crippen molar-refractivity contribution in [1.29, 1.82) is 0 Å². The van der Waals surface area contributed by atoms with Gasteiger partial charge in [-0.3, -0.25) is 9.69 Å². The zero-order valence-electron chi connectivity index (χ0n) is 23.1. The van der Waals surface area contributed by atoms with Gasteiger partial charge in [0.25, 0.3) is 11.9 Å². The van der Waals surface area contributed by atoms with Gasteiger partial charge in [-0.05, 0) is 25.1 Å². The van der Waals surface area contributed by atoms with Crippen molar-refractivity contribution in [3.05, 3.63) is 36.1 Å². The fraction of sp³-hybridized carbons (Fsp3) is 0.462. The van der Waals surface area contributed by atoms with E-state index in [4.69, 9.17) is 23.4 Å². The maximum atomic E-state index is 13.0. The summed E-state index contributed by atoms with van der Waals surface area (Å²) < 4.78 is 27.6. The molecule has 12 nitrogen and oxygen atoms in total. The van der Waals surface area contributed by atoms with E-state index in [2.05, 4.69) is 50.1 Å². The Morgan fingerprint density at radius 3 is 2.41 bits per heavy atom. The topological polar surface area (TPSA) is 133 Å². The Morgan fingerprint density at radius 1 is 1.03 bits per heavy atom. The van der Waals surface area contributed by atoms with Gasteiger partial charge >= 0.3 is 0 Å². The fourth-order valence-electron chi connectivity index (χ4n) is 3.89. The summed E-state index contributed by atoms with van der Waals surface area (Å²) in [6.07, 6.45) is 0.910. The summed E-state index contributed by atoms with van der Waals surface area (Å²) in [5.74, 6) is 0.682. The summed E-state index contributed by atoms with van der Waals surface area (Å²) in [6.45, 7) is 11.7. The molecule has 1 aliphatic heterocycles. The average molecular weight is 557 g/mol. The van der Waals surface area contributed by atoms with E-state index in [-0.39, 0.29) is 29.2 Å². The summed E-state index contributed by atoms with van der Waals surface area (Å²) in [5.41, 5.74) is 0.187. The van der Waals surface area contributed by atoms with Gasteiger partial charge in [-0.2, -0.15) is 9.97 Å². The molecule has 210 valence electrons.